The Bertz CT molecular complexity index is 1750. The van der Waals surface area contributed by atoms with Crippen molar-refractivity contribution in [1.29, 1.82) is 0 Å². The normalized spacial score (nSPS) is 11.2. The second kappa shape index (κ2) is 9.42. The number of fused-ring (bicyclic) bond motifs is 3. The van der Waals surface area contributed by atoms with Crippen molar-refractivity contribution >= 4 is 39.0 Å². The summed E-state index contributed by atoms with van der Waals surface area (Å²) in [5, 5.41) is 2.24. The first-order valence-corrected chi connectivity index (χ1v) is 12.9. The van der Waals surface area contributed by atoms with E-state index in [2.05, 4.69) is 132 Å². The van der Waals surface area contributed by atoms with Crippen LogP contribution in [0.5, 0.6) is 0 Å². The first-order chi connectivity index (χ1) is 18.8. The Hall–Kier alpha value is -5.08. The number of benzene rings is 6. The molecule has 0 radical (unpaired) electrons. The first kappa shape index (κ1) is 22.1. The molecule has 0 aliphatic carbocycles. The number of hydrogen-bond donors (Lipinski definition) is 0. The molecule has 2 nitrogen and oxygen atoms in total. The van der Waals surface area contributed by atoms with Crippen LogP contribution < -0.4 is 4.90 Å². The van der Waals surface area contributed by atoms with Crippen molar-refractivity contribution in [3.05, 3.63) is 152 Å². The van der Waals surface area contributed by atoms with E-state index in [9.17, 15) is 0 Å². The van der Waals surface area contributed by atoms with Crippen LogP contribution in [-0.4, -0.2) is 0 Å². The van der Waals surface area contributed by atoms with Crippen LogP contribution in [-0.2, 0) is 0 Å². The van der Waals surface area contributed by atoms with Gasteiger partial charge in [0, 0.05) is 22.1 Å². The lowest BCUT2D eigenvalue weighted by molar-refractivity contribution is 0.669. The highest BCUT2D eigenvalue weighted by atomic mass is 16.3. The van der Waals surface area contributed by atoms with Gasteiger partial charge in [0.05, 0.1) is 5.69 Å². The molecule has 38 heavy (non-hydrogen) atoms. The van der Waals surface area contributed by atoms with Gasteiger partial charge in [-0.15, -0.1) is 0 Å². The molecule has 0 spiro atoms. The van der Waals surface area contributed by atoms with E-state index in [0.29, 0.717) is 0 Å². The molecule has 6 aromatic carbocycles. The highest BCUT2D eigenvalue weighted by Crippen LogP contribution is 2.42. The van der Waals surface area contributed by atoms with Crippen LogP contribution in [0.15, 0.2) is 156 Å². The zero-order valence-electron chi connectivity index (χ0n) is 20.8. The zero-order valence-corrected chi connectivity index (χ0v) is 20.8. The van der Waals surface area contributed by atoms with Crippen LogP contribution in [0.25, 0.3) is 44.2 Å². The second-order valence-corrected chi connectivity index (χ2v) is 9.41. The molecule has 0 fully saturated rings. The van der Waals surface area contributed by atoms with E-state index in [1.165, 1.54) is 22.3 Å². The fourth-order valence-corrected chi connectivity index (χ4v) is 5.20. The van der Waals surface area contributed by atoms with Gasteiger partial charge in [0.25, 0.3) is 0 Å². The topological polar surface area (TPSA) is 16.4 Å². The molecule has 0 aliphatic heterocycles. The Morgan fingerprint density at radius 3 is 1.42 bits per heavy atom. The molecule has 0 N–H and O–H groups in total. The molecule has 0 aliphatic rings. The third-order valence-electron chi connectivity index (χ3n) is 7.09. The van der Waals surface area contributed by atoms with Crippen molar-refractivity contribution in [2.24, 2.45) is 0 Å². The van der Waals surface area contributed by atoms with Gasteiger partial charge in [0.15, 0.2) is 5.58 Å². The van der Waals surface area contributed by atoms with Crippen LogP contribution in [0, 0.1) is 0 Å². The third-order valence-corrected chi connectivity index (χ3v) is 7.09. The fourth-order valence-electron chi connectivity index (χ4n) is 5.20. The Kier molecular flexibility index (Phi) is 5.49. The summed E-state index contributed by atoms with van der Waals surface area (Å²) in [5.41, 5.74) is 9.73. The van der Waals surface area contributed by atoms with Gasteiger partial charge in [-0.3, -0.25) is 0 Å². The van der Waals surface area contributed by atoms with Gasteiger partial charge in [0.1, 0.15) is 5.58 Å². The van der Waals surface area contributed by atoms with Crippen molar-refractivity contribution in [3.63, 3.8) is 0 Å². The average molecular weight is 488 g/mol. The zero-order chi connectivity index (χ0) is 25.3. The largest absolute Gasteiger partial charge is 0.454 e. The summed E-state index contributed by atoms with van der Waals surface area (Å²) in [5.74, 6) is 0. The van der Waals surface area contributed by atoms with Crippen molar-refractivity contribution in [1.82, 2.24) is 0 Å². The monoisotopic (exact) mass is 487 g/mol. The lowest BCUT2D eigenvalue weighted by Gasteiger charge is -2.26. The Balaban J connectivity index is 1.39. The van der Waals surface area contributed by atoms with Gasteiger partial charge in [-0.1, -0.05) is 115 Å². The van der Waals surface area contributed by atoms with Crippen molar-refractivity contribution in [2.75, 3.05) is 4.90 Å². The first-order valence-electron chi connectivity index (χ1n) is 12.9. The van der Waals surface area contributed by atoms with Crippen LogP contribution in [0.1, 0.15) is 0 Å². The van der Waals surface area contributed by atoms with E-state index >= 15 is 0 Å². The number of furan rings is 1. The summed E-state index contributed by atoms with van der Waals surface area (Å²) < 4.78 is 6.45. The molecule has 180 valence electrons. The smallest absolute Gasteiger partial charge is 0.159 e. The fraction of sp³-hybridized carbons (Fsp3) is 0. The maximum Gasteiger partial charge on any atom is 0.159 e. The van der Waals surface area contributed by atoms with Gasteiger partial charge < -0.3 is 9.32 Å². The third kappa shape index (κ3) is 3.93. The predicted molar refractivity (Wildman–Crippen MR) is 159 cm³/mol. The van der Waals surface area contributed by atoms with E-state index in [1.54, 1.807) is 0 Å². The Morgan fingerprint density at radius 1 is 0.368 bits per heavy atom. The summed E-state index contributed by atoms with van der Waals surface area (Å²) in [6, 6.07) is 53.1. The summed E-state index contributed by atoms with van der Waals surface area (Å²) in [4.78, 5) is 2.29. The molecule has 1 heterocycles. The number of nitrogens with zero attached hydrogens (tertiary/aromatic N) is 1. The SMILES string of the molecule is c1ccc(-c2ccc(N(c3ccc(-c4ccccc4)cc3)c3cccc4c3oc3ccccc34)cc2)cc1. The van der Waals surface area contributed by atoms with E-state index in [1.807, 2.05) is 24.3 Å². The Morgan fingerprint density at radius 2 is 0.842 bits per heavy atom. The quantitative estimate of drug-likeness (QED) is 0.240. The molecule has 0 unspecified atom stereocenters. The molecule has 1 aromatic heterocycles. The average Bonchev–Trinajstić information content (AvgIpc) is 3.39. The number of anilines is 3. The number of rotatable bonds is 5. The maximum atomic E-state index is 6.45. The van der Waals surface area contributed by atoms with Crippen LogP contribution in [0.4, 0.5) is 17.1 Å². The summed E-state index contributed by atoms with van der Waals surface area (Å²) in [6.45, 7) is 0. The molecular formula is C36H25NO. The molecule has 0 saturated heterocycles. The molecule has 0 atom stereocenters. The minimum Gasteiger partial charge on any atom is -0.454 e. The van der Waals surface area contributed by atoms with Gasteiger partial charge in [-0.2, -0.15) is 0 Å². The summed E-state index contributed by atoms with van der Waals surface area (Å²) in [7, 11) is 0. The molecule has 0 amide bonds. The molecule has 0 bridgehead atoms. The highest BCUT2D eigenvalue weighted by Gasteiger charge is 2.19. The van der Waals surface area contributed by atoms with Crippen LogP contribution in [0.2, 0.25) is 0 Å². The lowest BCUT2D eigenvalue weighted by atomic mass is 10.0. The van der Waals surface area contributed by atoms with Gasteiger partial charge in [0.2, 0.25) is 0 Å². The van der Waals surface area contributed by atoms with Crippen molar-refractivity contribution < 1.29 is 4.42 Å². The molecular weight excluding hydrogens is 462 g/mol. The number of para-hydroxylation sites is 2. The molecule has 2 heteroatoms. The molecule has 7 rings (SSSR count). The van der Waals surface area contributed by atoms with Crippen LogP contribution >= 0.6 is 0 Å². The molecule has 0 saturated carbocycles. The van der Waals surface area contributed by atoms with Gasteiger partial charge in [-0.25, -0.2) is 0 Å². The minimum atomic E-state index is 0.882. The standard InChI is InChI=1S/C36H25NO/c1-3-10-26(11-4-1)28-18-22-30(23-19-28)37(31-24-20-29(21-25-31)27-12-5-2-6-13-27)34-16-9-15-33-32-14-7-8-17-35(32)38-36(33)34/h1-25H. The predicted octanol–water partition coefficient (Wildman–Crippen LogP) is 10.4. The lowest BCUT2D eigenvalue weighted by Crippen LogP contribution is -2.10. The summed E-state index contributed by atoms with van der Waals surface area (Å²) >= 11 is 0. The molecule has 7 aromatic rings. The van der Waals surface area contributed by atoms with Crippen molar-refractivity contribution in [2.45, 2.75) is 0 Å². The second-order valence-electron chi connectivity index (χ2n) is 9.41. The highest BCUT2D eigenvalue weighted by molar-refractivity contribution is 6.10. The van der Waals surface area contributed by atoms with E-state index in [0.717, 1.165) is 39.0 Å². The number of hydrogen-bond acceptors (Lipinski definition) is 2. The van der Waals surface area contributed by atoms with E-state index in [4.69, 9.17) is 4.42 Å². The van der Waals surface area contributed by atoms with Gasteiger partial charge in [-0.05, 0) is 58.7 Å². The Labute approximate surface area is 222 Å². The van der Waals surface area contributed by atoms with Gasteiger partial charge >= 0.3 is 0 Å². The van der Waals surface area contributed by atoms with E-state index < -0.39 is 0 Å². The summed E-state index contributed by atoms with van der Waals surface area (Å²) in [6.07, 6.45) is 0. The minimum absolute atomic E-state index is 0.882. The maximum absolute atomic E-state index is 6.45. The van der Waals surface area contributed by atoms with Crippen molar-refractivity contribution in [3.8, 4) is 22.3 Å². The van der Waals surface area contributed by atoms with E-state index in [-0.39, 0.29) is 0 Å². The van der Waals surface area contributed by atoms with Crippen LogP contribution in [0.3, 0.4) is 0 Å².